The number of nitrogens with two attached hydrogens (primary N) is 1. The lowest BCUT2D eigenvalue weighted by Gasteiger charge is -2.14. The molecule has 0 radical (unpaired) electrons. The van der Waals surface area contributed by atoms with E-state index in [1.165, 1.54) is 0 Å². The molecule has 94 valence electrons. The van der Waals surface area contributed by atoms with Crippen molar-refractivity contribution in [3.8, 4) is 0 Å². The molecule has 1 unspecified atom stereocenters. The number of alkyl halides is 3. The Bertz CT molecular complexity index is 434. The second-order valence-corrected chi connectivity index (χ2v) is 4.21. The summed E-state index contributed by atoms with van der Waals surface area (Å²) in [6.07, 6.45) is -4.46. The maximum absolute atomic E-state index is 12.4. The van der Waals surface area contributed by atoms with Gasteiger partial charge in [0.05, 0.1) is 11.5 Å². The van der Waals surface area contributed by atoms with Crippen LogP contribution in [0.1, 0.15) is 17.0 Å². The van der Waals surface area contributed by atoms with Gasteiger partial charge in [-0.05, 0) is 17.7 Å². The Hall–Kier alpha value is -1.08. The molecule has 1 rings (SSSR count). The molecule has 0 aliphatic carbocycles. The number of hydrogen-bond donors (Lipinski definition) is 2. The molecule has 0 aliphatic heterocycles. The van der Waals surface area contributed by atoms with E-state index in [-0.39, 0.29) is 16.6 Å². The SMILES string of the molecule is NCC(C(=O)O)c1ccc(C(F)(F)F)cc1Br. The van der Waals surface area contributed by atoms with E-state index in [1.807, 2.05) is 0 Å². The lowest BCUT2D eigenvalue weighted by molar-refractivity contribution is -0.138. The predicted octanol–water partition coefficient (Wildman–Crippen LogP) is 2.59. The van der Waals surface area contributed by atoms with Gasteiger partial charge in [-0.1, -0.05) is 22.0 Å². The smallest absolute Gasteiger partial charge is 0.416 e. The monoisotopic (exact) mass is 311 g/mol. The zero-order valence-electron chi connectivity index (χ0n) is 8.46. The topological polar surface area (TPSA) is 63.3 Å². The molecule has 0 aliphatic rings. The van der Waals surface area contributed by atoms with Crippen molar-refractivity contribution in [2.24, 2.45) is 5.73 Å². The first-order valence-corrected chi connectivity index (χ1v) is 5.36. The van der Waals surface area contributed by atoms with E-state index in [4.69, 9.17) is 10.8 Å². The largest absolute Gasteiger partial charge is 0.481 e. The molecule has 0 amide bonds. The highest BCUT2D eigenvalue weighted by Crippen LogP contribution is 2.34. The molecule has 0 aromatic heterocycles. The maximum Gasteiger partial charge on any atom is 0.416 e. The number of benzene rings is 1. The van der Waals surface area contributed by atoms with Gasteiger partial charge < -0.3 is 10.8 Å². The van der Waals surface area contributed by atoms with Crippen LogP contribution in [0.2, 0.25) is 0 Å². The Balaban J connectivity index is 3.18. The van der Waals surface area contributed by atoms with Crippen molar-refractivity contribution in [2.45, 2.75) is 12.1 Å². The summed E-state index contributed by atoms with van der Waals surface area (Å²) in [6.45, 7) is -0.181. The molecule has 0 heterocycles. The van der Waals surface area contributed by atoms with Crippen LogP contribution in [0.5, 0.6) is 0 Å². The molecule has 17 heavy (non-hydrogen) atoms. The van der Waals surface area contributed by atoms with Crippen molar-refractivity contribution in [2.75, 3.05) is 6.54 Å². The first kappa shape index (κ1) is 14.0. The summed E-state index contributed by atoms with van der Waals surface area (Å²) in [5, 5.41) is 8.86. The fourth-order valence-electron chi connectivity index (χ4n) is 1.35. The quantitative estimate of drug-likeness (QED) is 0.902. The fourth-order valence-corrected chi connectivity index (χ4v) is 2.00. The molecule has 7 heteroatoms. The van der Waals surface area contributed by atoms with Crippen molar-refractivity contribution >= 4 is 21.9 Å². The van der Waals surface area contributed by atoms with E-state index in [0.717, 1.165) is 18.2 Å². The summed E-state index contributed by atoms with van der Waals surface area (Å²) in [7, 11) is 0. The first-order chi connectivity index (χ1) is 7.77. The van der Waals surface area contributed by atoms with Crippen LogP contribution in [0.25, 0.3) is 0 Å². The highest BCUT2D eigenvalue weighted by molar-refractivity contribution is 9.10. The Labute approximate surface area is 104 Å². The van der Waals surface area contributed by atoms with Gasteiger partial charge >= 0.3 is 12.1 Å². The summed E-state index contributed by atoms with van der Waals surface area (Å²) in [6, 6.07) is 2.81. The van der Waals surface area contributed by atoms with Gasteiger partial charge in [0, 0.05) is 11.0 Å². The molecule has 1 atom stereocenters. The summed E-state index contributed by atoms with van der Waals surface area (Å²) in [5.41, 5.74) is 4.67. The van der Waals surface area contributed by atoms with Crippen molar-refractivity contribution in [3.63, 3.8) is 0 Å². The molecule has 1 aromatic carbocycles. The third kappa shape index (κ3) is 3.19. The van der Waals surface area contributed by atoms with Gasteiger partial charge in [0.25, 0.3) is 0 Å². The molecule has 0 saturated heterocycles. The van der Waals surface area contributed by atoms with Gasteiger partial charge in [0.1, 0.15) is 0 Å². The molecule has 3 N–H and O–H groups in total. The van der Waals surface area contributed by atoms with Gasteiger partial charge in [0.2, 0.25) is 0 Å². The van der Waals surface area contributed by atoms with Gasteiger partial charge in [-0.3, -0.25) is 4.79 Å². The average Bonchev–Trinajstić information content (AvgIpc) is 2.19. The molecule has 3 nitrogen and oxygen atoms in total. The van der Waals surface area contributed by atoms with Crippen molar-refractivity contribution in [1.29, 1.82) is 0 Å². The minimum absolute atomic E-state index is 0.0881. The van der Waals surface area contributed by atoms with Crippen LogP contribution in [0, 0.1) is 0 Å². The molecule has 0 fully saturated rings. The molecule has 0 spiro atoms. The number of halogens is 4. The van der Waals surface area contributed by atoms with E-state index in [2.05, 4.69) is 15.9 Å². The summed E-state index contributed by atoms with van der Waals surface area (Å²) in [4.78, 5) is 10.8. The molecule has 0 saturated carbocycles. The molecular weight excluding hydrogens is 303 g/mol. The van der Waals surface area contributed by atoms with Gasteiger partial charge in [-0.15, -0.1) is 0 Å². The van der Waals surface area contributed by atoms with Crippen LogP contribution in [0.3, 0.4) is 0 Å². The van der Waals surface area contributed by atoms with Gasteiger partial charge in [-0.25, -0.2) is 0 Å². The van der Waals surface area contributed by atoms with E-state index >= 15 is 0 Å². The second kappa shape index (κ2) is 5.05. The van der Waals surface area contributed by atoms with Crippen LogP contribution < -0.4 is 5.73 Å². The van der Waals surface area contributed by atoms with Gasteiger partial charge in [-0.2, -0.15) is 13.2 Å². The Morgan fingerprint density at radius 2 is 2.06 bits per heavy atom. The van der Waals surface area contributed by atoms with Crippen molar-refractivity contribution in [1.82, 2.24) is 0 Å². The zero-order valence-corrected chi connectivity index (χ0v) is 10.0. The van der Waals surface area contributed by atoms with Crippen LogP contribution in [0.4, 0.5) is 13.2 Å². The summed E-state index contributed by atoms with van der Waals surface area (Å²) in [5.74, 6) is -2.19. The lowest BCUT2D eigenvalue weighted by Crippen LogP contribution is -2.21. The summed E-state index contributed by atoms with van der Waals surface area (Å²) < 4.78 is 37.2. The number of hydrogen-bond acceptors (Lipinski definition) is 2. The molecule has 1 aromatic rings. The first-order valence-electron chi connectivity index (χ1n) is 4.57. The molecule has 0 bridgehead atoms. The Kier molecular flexibility index (Phi) is 4.16. The van der Waals surface area contributed by atoms with Gasteiger partial charge in [0.15, 0.2) is 0 Å². The maximum atomic E-state index is 12.4. The average molecular weight is 312 g/mol. The van der Waals surface area contributed by atoms with Crippen LogP contribution in [-0.2, 0) is 11.0 Å². The van der Waals surface area contributed by atoms with Crippen LogP contribution in [-0.4, -0.2) is 17.6 Å². The Morgan fingerprint density at radius 1 is 1.47 bits per heavy atom. The highest BCUT2D eigenvalue weighted by Gasteiger charge is 2.31. The standard InChI is InChI=1S/C10H9BrF3NO2/c11-8-3-5(10(12,13)14)1-2-6(8)7(4-15)9(16)17/h1-3,7H,4,15H2,(H,16,17). The number of carboxylic acid groups (broad SMARTS) is 1. The number of rotatable bonds is 3. The second-order valence-electron chi connectivity index (χ2n) is 3.36. The third-order valence-electron chi connectivity index (χ3n) is 2.24. The fraction of sp³-hybridized carbons (Fsp3) is 0.300. The van der Waals surface area contributed by atoms with E-state index in [1.54, 1.807) is 0 Å². The van der Waals surface area contributed by atoms with E-state index in [9.17, 15) is 18.0 Å². The van der Waals surface area contributed by atoms with E-state index < -0.39 is 23.6 Å². The lowest BCUT2D eigenvalue weighted by atomic mass is 9.98. The Morgan fingerprint density at radius 3 is 2.41 bits per heavy atom. The predicted molar refractivity (Wildman–Crippen MR) is 58.6 cm³/mol. The minimum Gasteiger partial charge on any atom is -0.481 e. The number of aliphatic carboxylic acids is 1. The van der Waals surface area contributed by atoms with Crippen molar-refractivity contribution < 1.29 is 23.1 Å². The van der Waals surface area contributed by atoms with Crippen LogP contribution >= 0.6 is 15.9 Å². The molecular formula is C10H9BrF3NO2. The number of carboxylic acids is 1. The summed E-state index contributed by atoms with van der Waals surface area (Å²) >= 11 is 2.93. The normalized spacial score (nSPS) is 13.5. The zero-order chi connectivity index (χ0) is 13.2. The van der Waals surface area contributed by atoms with Crippen LogP contribution in [0.15, 0.2) is 22.7 Å². The van der Waals surface area contributed by atoms with Crippen molar-refractivity contribution in [3.05, 3.63) is 33.8 Å². The minimum atomic E-state index is -4.46. The number of carbonyl (C=O) groups is 1. The highest BCUT2D eigenvalue weighted by atomic mass is 79.9. The van der Waals surface area contributed by atoms with E-state index in [0.29, 0.717) is 0 Å². The third-order valence-corrected chi connectivity index (χ3v) is 2.92.